The van der Waals surface area contributed by atoms with Gasteiger partial charge in [-0.2, -0.15) is 0 Å². The molecule has 0 aromatic heterocycles. The Morgan fingerprint density at radius 2 is 1.94 bits per heavy atom. The lowest BCUT2D eigenvalue weighted by atomic mass is 10.0. The molecular formula is C15H19NO. The number of hydrogen-bond acceptors (Lipinski definition) is 2. The fourth-order valence-electron chi connectivity index (χ4n) is 3.16. The molecule has 1 fully saturated rings. The van der Waals surface area contributed by atoms with E-state index >= 15 is 0 Å². The van der Waals surface area contributed by atoms with Crippen LogP contribution in [0.2, 0.25) is 0 Å². The van der Waals surface area contributed by atoms with Crippen molar-refractivity contribution in [1.82, 2.24) is 4.90 Å². The maximum Gasteiger partial charge on any atom is 0.165 e. The highest BCUT2D eigenvalue weighted by Gasteiger charge is 2.33. The molecular weight excluding hydrogens is 210 g/mol. The molecule has 1 aromatic carbocycles. The maximum atomic E-state index is 12.0. The first kappa shape index (κ1) is 11.0. The van der Waals surface area contributed by atoms with Gasteiger partial charge in [0.25, 0.3) is 0 Å². The molecule has 2 heteroatoms. The Morgan fingerprint density at radius 1 is 1.18 bits per heavy atom. The number of rotatable bonds is 1. The molecule has 1 aliphatic heterocycles. The average Bonchev–Trinajstić information content (AvgIpc) is 2.67. The van der Waals surface area contributed by atoms with Crippen molar-refractivity contribution in [3.8, 4) is 0 Å². The van der Waals surface area contributed by atoms with Crippen LogP contribution >= 0.6 is 0 Å². The zero-order valence-electron chi connectivity index (χ0n) is 10.4. The smallest absolute Gasteiger partial charge is 0.165 e. The van der Waals surface area contributed by atoms with Crippen LogP contribution in [0.5, 0.6) is 0 Å². The molecule has 0 amide bonds. The molecule has 0 saturated carbocycles. The van der Waals surface area contributed by atoms with Crippen LogP contribution in [0.3, 0.4) is 0 Å². The third kappa shape index (κ3) is 1.91. The van der Waals surface area contributed by atoms with Gasteiger partial charge in [0.1, 0.15) is 0 Å². The molecule has 2 aliphatic rings. The standard InChI is InChI=1S/C15H19NO/c1-11-5-6-12-13(9-11)14(10-15(12)17)16-7-3-2-4-8-16/h5-6,9,14H,2-4,7-8,10H2,1H3. The van der Waals surface area contributed by atoms with Crippen LogP contribution in [0.15, 0.2) is 18.2 Å². The topological polar surface area (TPSA) is 20.3 Å². The van der Waals surface area contributed by atoms with E-state index in [4.69, 9.17) is 0 Å². The lowest BCUT2D eigenvalue weighted by Gasteiger charge is -2.32. The van der Waals surface area contributed by atoms with E-state index in [1.165, 1.54) is 30.4 Å². The van der Waals surface area contributed by atoms with Gasteiger partial charge >= 0.3 is 0 Å². The summed E-state index contributed by atoms with van der Waals surface area (Å²) in [6.07, 6.45) is 4.61. The van der Waals surface area contributed by atoms with Gasteiger partial charge in [0.2, 0.25) is 0 Å². The quantitative estimate of drug-likeness (QED) is 0.737. The fraction of sp³-hybridized carbons (Fsp3) is 0.533. The maximum absolute atomic E-state index is 12.0. The molecule has 17 heavy (non-hydrogen) atoms. The first-order valence-electron chi connectivity index (χ1n) is 6.63. The van der Waals surface area contributed by atoms with Crippen molar-refractivity contribution in [3.63, 3.8) is 0 Å². The fourth-order valence-corrected chi connectivity index (χ4v) is 3.16. The first-order chi connectivity index (χ1) is 8.25. The normalized spacial score (nSPS) is 25.0. The van der Waals surface area contributed by atoms with E-state index in [-0.39, 0.29) is 0 Å². The van der Waals surface area contributed by atoms with E-state index in [1.807, 2.05) is 6.07 Å². The summed E-state index contributed by atoms with van der Waals surface area (Å²) < 4.78 is 0. The molecule has 0 spiro atoms. The molecule has 90 valence electrons. The zero-order valence-corrected chi connectivity index (χ0v) is 10.4. The number of likely N-dealkylation sites (tertiary alicyclic amines) is 1. The highest BCUT2D eigenvalue weighted by Crippen LogP contribution is 2.37. The van der Waals surface area contributed by atoms with Crippen LogP contribution in [0.25, 0.3) is 0 Å². The summed E-state index contributed by atoms with van der Waals surface area (Å²) >= 11 is 0. The molecule has 1 aliphatic carbocycles. The Labute approximate surface area is 103 Å². The Bertz CT molecular complexity index is 446. The number of aryl methyl sites for hydroxylation is 1. The molecule has 2 nitrogen and oxygen atoms in total. The van der Waals surface area contributed by atoms with Gasteiger partial charge in [-0.3, -0.25) is 9.69 Å². The highest BCUT2D eigenvalue weighted by molar-refractivity contribution is 6.01. The number of benzene rings is 1. The van der Waals surface area contributed by atoms with Crippen LogP contribution in [0.1, 0.15) is 53.2 Å². The number of nitrogens with zero attached hydrogens (tertiary/aromatic N) is 1. The Morgan fingerprint density at radius 3 is 2.71 bits per heavy atom. The molecule has 1 heterocycles. The molecule has 1 saturated heterocycles. The molecule has 1 unspecified atom stereocenters. The summed E-state index contributed by atoms with van der Waals surface area (Å²) in [5.41, 5.74) is 3.50. The van der Waals surface area contributed by atoms with Gasteiger partial charge in [0.05, 0.1) is 0 Å². The van der Waals surface area contributed by atoms with Crippen molar-refractivity contribution >= 4 is 5.78 Å². The minimum absolute atomic E-state index is 0.329. The van der Waals surface area contributed by atoms with E-state index in [1.54, 1.807) is 0 Å². The number of carbonyl (C=O) groups excluding carboxylic acids is 1. The van der Waals surface area contributed by atoms with E-state index in [0.29, 0.717) is 18.2 Å². The molecule has 0 bridgehead atoms. The van der Waals surface area contributed by atoms with Gasteiger partial charge in [-0.1, -0.05) is 30.2 Å². The third-order valence-electron chi connectivity index (χ3n) is 4.08. The van der Waals surface area contributed by atoms with Crippen LogP contribution in [-0.4, -0.2) is 23.8 Å². The molecule has 1 aromatic rings. The van der Waals surface area contributed by atoms with Crippen LogP contribution in [0, 0.1) is 6.92 Å². The third-order valence-corrected chi connectivity index (χ3v) is 4.08. The Balaban J connectivity index is 1.94. The summed E-state index contributed by atoms with van der Waals surface area (Å²) in [6, 6.07) is 6.63. The lowest BCUT2D eigenvalue weighted by Crippen LogP contribution is -2.32. The van der Waals surface area contributed by atoms with Crippen molar-refractivity contribution < 1.29 is 4.79 Å². The van der Waals surface area contributed by atoms with Gasteiger partial charge in [0.15, 0.2) is 5.78 Å². The number of Topliss-reactive ketones (excluding diaryl/α,β-unsaturated/α-hetero) is 1. The van der Waals surface area contributed by atoms with E-state index in [2.05, 4.69) is 24.0 Å². The number of ketones is 1. The Hall–Kier alpha value is -1.15. The zero-order chi connectivity index (χ0) is 11.8. The molecule has 1 atom stereocenters. The van der Waals surface area contributed by atoms with Crippen molar-refractivity contribution in [1.29, 1.82) is 0 Å². The summed E-state index contributed by atoms with van der Waals surface area (Å²) in [5.74, 6) is 0.329. The average molecular weight is 229 g/mol. The van der Waals surface area contributed by atoms with Crippen molar-refractivity contribution in [2.24, 2.45) is 0 Å². The Kier molecular flexibility index (Phi) is 2.75. The first-order valence-corrected chi connectivity index (χ1v) is 6.63. The number of fused-ring (bicyclic) bond motifs is 1. The second-order valence-corrected chi connectivity index (χ2v) is 5.33. The van der Waals surface area contributed by atoms with Gasteiger partial charge in [-0.05, 0) is 38.4 Å². The highest BCUT2D eigenvalue weighted by atomic mass is 16.1. The molecule has 3 rings (SSSR count). The largest absolute Gasteiger partial charge is 0.296 e. The monoisotopic (exact) mass is 229 g/mol. The summed E-state index contributed by atoms with van der Waals surface area (Å²) in [7, 11) is 0. The van der Waals surface area contributed by atoms with E-state index in [0.717, 1.165) is 18.7 Å². The van der Waals surface area contributed by atoms with Crippen molar-refractivity contribution in [2.45, 2.75) is 38.6 Å². The van der Waals surface area contributed by atoms with Gasteiger partial charge in [-0.25, -0.2) is 0 Å². The second kappa shape index (κ2) is 4.26. The minimum Gasteiger partial charge on any atom is -0.296 e. The predicted octanol–water partition coefficient (Wildman–Crippen LogP) is 3.11. The van der Waals surface area contributed by atoms with Gasteiger partial charge < -0.3 is 0 Å². The predicted molar refractivity (Wildman–Crippen MR) is 68.3 cm³/mol. The number of carbonyl (C=O) groups is 1. The summed E-state index contributed by atoms with van der Waals surface area (Å²) in [5, 5.41) is 0. The van der Waals surface area contributed by atoms with E-state index < -0.39 is 0 Å². The van der Waals surface area contributed by atoms with E-state index in [9.17, 15) is 4.79 Å². The van der Waals surface area contributed by atoms with Gasteiger partial charge in [-0.15, -0.1) is 0 Å². The van der Waals surface area contributed by atoms with Crippen LogP contribution < -0.4 is 0 Å². The van der Waals surface area contributed by atoms with Crippen LogP contribution in [-0.2, 0) is 0 Å². The molecule has 0 N–H and O–H groups in total. The second-order valence-electron chi connectivity index (χ2n) is 5.33. The van der Waals surface area contributed by atoms with Gasteiger partial charge in [0, 0.05) is 18.0 Å². The summed E-state index contributed by atoms with van der Waals surface area (Å²) in [4.78, 5) is 14.5. The summed E-state index contributed by atoms with van der Waals surface area (Å²) in [6.45, 7) is 4.42. The minimum atomic E-state index is 0.329. The van der Waals surface area contributed by atoms with Crippen LogP contribution in [0.4, 0.5) is 0 Å². The van der Waals surface area contributed by atoms with Crippen molar-refractivity contribution in [2.75, 3.05) is 13.1 Å². The lowest BCUT2D eigenvalue weighted by molar-refractivity contribution is 0.0938. The number of piperidine rings is 1. The van der Waals surface area contributed by atoms with Crippen molar-refractivity contribution in [3.05, 3.63) is 34.9 Å². The molecule has 0 radical (unpaired) electrons. The SMILES string of the molecule is Cc1ccc2c(c1)C(N1CCCCC1)CC2=O. The number of hydrogen-bond donors (Lipinski definition) is 0.